The molecule has 0 N–H and O–H groups in total. The Morgan fingerprint density at radius 3 is 2.27 bits per heavy atom. The molecule has 37 heavy (non-hydrogen) atoms. The molecule has 0 saturated carbocycles. The second-order valence-electron chi connectivity index (χ2n) is 7.90. The molecule has 0 aliphatic rings. The maximum Gasteiger partial charge on any atom is 0.350 e. The Morgan fingerprint density at radius 1 is 1.00 bits per heavy atom. The van der Waals surface area contributed by atoms with E-state index in [0.717, 1.165) is 4.31 Å². The van der Waals surface area contributed by atoms with Crippen molar-refractivity contribution in [2.24, 2.45) is 0 Å². The van der Waals surface area contributed by atoms with Crippen molar-refractivity contribution < 1.29 is 26.6 Å². The standard InChI is InChI=1S/C24H24Cl2N3O6PS/c1-4-33-36(30,34-5-2)15-29(37(31,32)21-13-19(25)12-20(26)14-21)23-8-6-7-17-11-18(9-10-22(17)23)24-27-16(3)35-28-24/h6-14H,4-5,15H2,1-3H3. The number of anilines is 1. The number of aryl methyl sites for hydroxylation is 1. The van der Waals surface area contributed by atoms with Crippen LogP contribution in [0.1, 0.15) is 19.7 Å². The van der Waals surface area contributed by atoms with E-state index < -0.39 is 23.9 Å². The molecule has 0 unspecified atom stereocenters. The topological polar surface area (TPSA) is 112 Å². The van der Waals surface area contributed by atoms with Crippen LogP contribution >= 0.6 is 30.8 Å². The minimum absolute atomic E-state index is 0.0666. The number of hydrogen-bond donors (Lipinski definition) is 0. The summed E-state index contributed by atoms with van der Waals surface area (Å²) in [4.78, 5) is 4.08. The summed E-state index contributed by atoms with van der Waals surface area (Å²) in [5.41, 5.74) is 0.955. The Bertz CT molecular complexity index is 1560. The Balaban J connectivity index is 1.91. The first-order chi connectivity index (χ1) is 17.6. The molecule has 4 rings (SSSR count). The highest BCUT2D eigenvalue weighted by Crippen LogP contribution is 2.51. The second kappa shape index (κ2) is 11.1. The van der Waals surface area contributed by atoms with Crippen molar-refractivity contribution in [3.05, 3.63) is 70.5 Å². The van der Waals surface area contributed by atoms with Gasteiger partial charge in [-0.2, -0.15) is 4.98 Å². The maximum atomic E-state index is 14.0. The fourth-order valence-electron chi connectivity index (χ4n) is 3.80. The molecule has 0 aliphatic heterocycles. The van der Waals surface area contributed by atoms with E-state index in [9.17, 15) is 13.0 Å². The fourth-order valence-corrected chi connectivity index (χ4v) is 8.20. The van der Waals surface area contributed by atoms with Crippen molar-refractivity contribution >= 4 is 57.3 Å². The van der Waals surface area contributed by atoms with E-state index in [2.05, 4.69) is 10.1 Å². The Labute approximate surface area is 224 Å². The lowest BCUT2D eigenvalue weighted by Crippen LogP contribution is -2.33. The van der Waals surface area contributed by atoms with Crippen molar-refractivity contribution in [2.75, 3.05) is 23.8 Å². The fraction of sp³-hybridized carbons (Fsp3) is 0.250. The molecular formula is C24H24Cl2N3O6PS. The lowest BCUT2D eigenvalue weighted by Gasteiger charge is -2.29. The average molecular weight is 584 g/mol. The maximum absolute atomic E-state index is 14.0. The van der Waals surface area contributed by atoms with Crippen molar-refractivity contribution in [2.45, 2.75) is 25.7 Å². The SMILES string of the molecule is CCOP(=O)(CN(c1cccc2cc(-c3noc(C)n3)ccc12)S(=O)(=O)c1cc(Cl)cc(Cl)c1)OCC. The number of fused-ring (bicyclic) bond motifs is 1. The van der Waals surface area contributed by atoms with E-state index in [1.807, 2.05) is 12.1 Å². The lowest BCUT2D eigenvalue weighted by molar-refractivity contribution is 0.221. The van der Waals surface area contributed by atoms with Gasteiger partial charge < -0.3 is 13.6 Å². The van der Waals surface area contributed by atoms with Gasteiger partial charge in [-0.25, -0.2) is 8.42 Å². The molecule has 0 fully saturated rings. The molecule has 1 aromatic heterocycles. The first-order valence-corrected chi connectivity index (χ1v) is 15.2. The lowest BCUT2D eigenvalue weighted by atomic mass is 10.1. The molecule has 13 heteroatoms. The van der Waals surface area contributed by atoms with Crippen LogP contribution in [0.4, 0.5) is 5.69 Å². The van der Waals surface area contributed by atoms with Crippen LogP contribution in [0.15, 0.2) is 64.0 Å². The average Bonchev–Trinajstić information content (AvgIpc) is 3.28. The summed E-state index contributed by atoms with van der Waals surface area (Å²) >= 11 is 12.2. The molecule has 0 radical (unpaired) electrons. The third kappa shape index (κ3) is 6.00. The summed E-state index contributed by atoms with van der Waals surface area (Å²) in [6, 6.07) is 14.4. The first kappa shape index (κ1) is 27.6. The third-order valence-electron chi connectivity index (χ3n) is 5.29. The van der Waals surface area contributed by atoms with Gasteiger partial charge in [0.05, 0.1) is 23.8 Å². The van der Waals surface area contributed by atoms with Gasteiger partial charge in [0, 0.05) is 27.9 Å². The Morgan fingerprint density at radius 2 is 1.68 bits per heavy atom. The molecule has 0 atom stereocenters. The summed E-state index contributed by atoms with van der Waals surface area (Å²) in [6.07, 6.45) is -0.563. The minimum Gasteiger partial charge on any atom is -0.339 e. The van der Waals surface area contributed by atoms with Gasteiger partial charge in [0.15, 0.2) is 0 Å². The molecule has 0 bridgehead atoms. The highest BCUT2D eigenvalue weighted by Gasteiger charge is 2.36. The zero-order valence-electron chi connectivity index (χ0n) is 20.2. The van der Waals surface area contributed by atoms with Crippen LogP contribution in [-0.2, 0) is 23.6 Å². The molecule has 0 amide bonds. The number of sulfonamides is 1. The second-order valence-corrected chi connectivity index (χ2v) is 12.7. The highest BCUT2D eigenvalue weighted by molar-refractivity contribution is 7.93. The van der Waals surface area contributed by atoms with Gasteiger partial charge >= 0.3 is 7.60 Å². The van der Waals surface area contributed by atoms with Gasteiger partial charge in [-0.3, -0.25) is 8.87 Å². The summed E-state index contributed by atoms with van der Waals surface area (Å²) in [7, 11) is -8.19. The number of hydrogen-bond acceptors (Lipinski definition) is 8. The van der Waals surface area contributed by atoms with E-state index in [1.54, 1.807) is 45.0 Å². The van der Waals surface area contributed by atoms with E-state index in [4.69, 9.17) is 36.8 Å². The van der Waals surface area contributed by atoms with Gasteiger partial charge in [-0.1, -0.05) is 52.6 Å². The van der Waals surface area contributed by atoms with Gasteiger partial charge in [0.25, 0.3) is 10.0 Å². The zero-order chi connectivity index (χ0) is 26.8. The van der Waals surface area contributed by atoms with Crippen molar-refractivity contribution in [3.8, 4) is 11.4 Å². The van der Waals surface area contributed by atoms with Crippen molar-refractivity contribution in [1.82, 2.24) is 10.1 Å². The summed E-state index contributed by atoms with van der Waals surface area (Å²) < 4.78 is 58.5. The van der Waals surface area contributed by atoms with Gasteiger partial charge in [-0.05, 0) is 49.6 Å². The van der Waals surface area contributed by atoms with E-state index >= 15 is 0 Å². The summed E-state index contributed by atoms with van der Waals surface area (Å²) in [5.74, 6) is 0.823. The van der Waals surface area contributed by atoms with Crippen LogP contribution in [0.3, 0.4) is 0 Å². The Hall–Kier alpha value is -2.46. The first-order valence-electron chi connectivity index (χ1n) is 11.3. The van der Waals surface area contributed by atoms with E-state index in [0.29, 0.717) is 28.1 Å². The van der Waals surface area contributed by atoms with E-state index in [1.165, 1.54) is 18.2 Å². The number of halogens is 2. The minimum atomic E-state index is -4.33. The molecule has 196 valence electrons. The summed E-state index contributed by atoms with van der Waals surface area (Å²) in [6.45, 7) is 5.13. The largest absolute Gasteiger partial charge is 0.350 e. The zero-order valence-corrected chi connectivity index (χ0v) is 23.4. The van der Waals surface area contributed by atoms with E-state index in [-0.39, 0.29) is 33.8 Å². The predicted octanol–water partition coefficient (Wildman–Crippen LogP) is 6.92. The monoisotopic (exact) mass is 583 g/mol. The van der Waals surface area contributed by atoms with Crippen LogP contribution < -0.4 is 4.31 Å². The molecule has 1 heterocycles. The number of nitrogens with zero attached hydrogens (tertiary/aromatic N) is 3. The van der Waals surface area contributed by atoms with Crippen LogP contribution in [0.5, 0.6) is 0 Å². The van der Waals surface area contributed by atoms with Crippen molar-refractivity contribution in [1.29, 1.82) is 0 Å². The van der Waals surface area contributed by atoms with Crippen LogP contribution in [0.2, 0.25) is 10.0 Å². The third-order valence-corrected chi connectivity index (χ3v) is 9.59. The van der Waals surface area contributed by atoms with Gasteiger partial charge in [0.1, 0.15) is 6.29 Å². The normalized spacial score (nSPS) is 12.2. The molecule has 3 aromatic carbocycles. The number of benzene rings is 3. The molecule has 9 nitrogen and oxygen atoms in total. The quantitative estimate of drug-likeness (QED) is 0.185. The van der Waals surface area contributed by atoms with Gasteiger partial charge in [0.2, 0.25) is 11.7 Å². The molecule has 4 aromatic rings. The predicted molar refractivity (Wildman–Crippen MR) is 144 cm³/mol. The van der Waals surface area contributed by atoms with Crippen LogP contribution in [0, 0.1) is 6.92 Å². The smallest absolute Gasteiger partial charge is 0.339 e. The summed E-state index contributed by atoms with van der Waals surface area (Å²) in [5, 5.41) is 5.50. The van der Waals surface area contributed by atoms with Crippen molar-refractivity contribution in [3.63, 3.8) is 0 Å². The van der Waals surface area contributed by atoms with Gasteiger partial charge in [-0.15, -0.1) is 0 Å². The number of aromatic nitrogens is 2. The molecule has 0 spiro atoms. The van der Waals surface area contributed by atoms with Crippen LogP contribution in [-0.4, -0.2) is 38.1 Å². The molecular weight excluding hydrogens is 560 g/mol. The molecule has 0 aliphatic carbocycles. The molecule has 0 saturated heterocycles. The highest BCUT2D eigenvalue weighted by atomic mass is 35.5. The van der Waals surface area contributed by atoms with Crippen LogP contribution in [0.25, 0.3) is 22.2 Å². The Kier molecular flexibility index (Phi) is 8.28. The number of rotatable bonds is 10.